The fourth-order valence-corrected chi connectivity index (χ4v) is 8.46. The zero-order chi connectivity index (χ0) is 39.4. The molecule has 59 heavy (non-hydrogen) atoms. The molecule has 10 aromatic carbocycles. The Hall–Kier alpha value is -7.74. The summed E-state index contributed by atoms with van der Waals surface area (Å²) in [6, 6.07) is 89.7. The molecule has 0 bridgehead atoms. The van der Waals surface area contributed by atoms with E-state index in [9.17, 15) is 0 Å². The number of benzene rings is 10. The lowest BCUT2D eigenvalue weighted by Gasteiger charge is -2.28. The van der Waals surface area contributed by atoms with Crippen LogP contribution in [0.4, 0.5) is 17.1 Å². The lowest BCUT2D eigenvalue weighted by molar-refractivity contribution is 1.28. The summed E-state index contributed by atoms with van der Waals surface area (Å²) in [5.41, 5.74) is 17.7. The van der Waals surface area contributed by atoms with Crippen LogP contribution in [0.1, 0.15) is 0 Å². The Labute approximate surface area is 346 Å². The van der Waals surface area contributed by atoms with Gasteiger partial charge in [-0.15, -0.1) is 0 Å². The van der Waals surface area contributed by atoms with E-state index in [0.717, 1.165) is 28.2 Å². The maximum Gasteiger partial charge on any atom is 0.0540 e. The summed E-state index contributed by atoms with van der Waals surface area (Å²) in [7, 11) is 0. The summed E-state index contributed by atoms with van der Waals surface area (Å²) in [5.74, 6) is 0. The van der Waals surface area contributed by atoms with Gasteiger partial charge in [0.05, 0.1) is 5.69 Å². The van der Waals surface area contributed by atoms with E-state index in [2.05, 4.69) is 254 Å². The summed E-state index contributed by atoms with van der Waals surface area (Å²) < 4.78 is 0. The molecule has 0 aromatic heterocycles. The topological polar surface area (TPSA) is 3.24 Å². The predicted octanol–water partition coefficient (Wildman–Crippen LogP) is 16.3. The summed E-state index contributed by atoms with van der Waals surface area (Å²) in [4.78, 5) is 2.40. The standard InChI is InChI=1S/C58H41N/c1-4-17-42(18-5-1)43-33-37-50(38-34-43)59(51-39-35-46(36-40-51)56-31-16-24-47-23-15-30-55(58(47)56)45-21-8-3-9-22-45)57-32-13-12-29-54(57)49-26-14-25-48(41-49)53-28-11-10-27-52(53)44-19-6-2-7-20-44/h1-41H. The molecule has 0 aliphatic rings. The molecule has 0 aliphatic carbocycles. The van der Waals surface area contributed by atoms with Gasteiger partial charge in [0, 0.05) is 16.9 Å². The molecule has 1 nitrogen and oxygen atoms in total. The fraction of sp³-hybridized carbons (Fsp3) is 0. The minimum Gasteiger partial charge on any atom is -0.310 e. The zero-order valence-electron chi connectivity index (χ0n) is 32.6. The lowest BCUT2D eigenvalue weighted by atomic mass is 9.91. The number of nitrogens with zero attached hydrogens (tertiary/aromatic N) is 1. The second-order valence-corrected chi connectivity index (χ2v) is 14.9. The van der Waals surface area contributed by atoms with Crippen molar-refractivity contribution < 1.29 is 0 Å². The Bertz CT molecular complexity index is 3000. The molecule has 0 spiro atoms. The van der Waals surface area contributed by atoms with Crippen LogP contribution in [0.15, 0.2) is 249 Å². The molecule has 0 fully saturated rings. The van der Waals surface area contributed by atoms with E-state index >= 15 is 0 Å². The van der Waals surface area contributed by atoms with Crippen molar-refractivity contribution in [3.8, 4) is 66.8 Å². The van der Waals surface area contributed by atoms with Gasteiger partial charge in [0.15, 0.2) is 0 Å². The van der Waals surface area contributed by atoms with E-state index in [1.54, 1.807) is 0 Å². The number of hydrogen-bond donors (Lipinski definition) is 0. The number of anilines is 3. The van der Waals surface area contributed by atoms with Gasteiger partial charge >= 0.3 is 0 Å². The normalized spacial score (nSPS) is 11.1. The van der Waals surface area contributed by atoms with Crippen molar-refractivity contribution in [2.75, 3.05) is 4.90 Å². The smallest absolute Gasteiger partial charge is 0.0540 e. The maximum absolute atomic E-state index is 2.40. The Morgan fingerprint density at radius 1 is 0.220 bits per heavy atom. The molecule has 0 saturated carbocycles. The summed E-state index contributed by atoms with van der Waals surface area (Å²) >= 11 is 0. The first-order valence-corrected chi connectivity index (χ1v) is 20.3. The number of hydrogen-bond acceptors (Lipinski definition) is 1. The van der Waals surface area contributed by atoms with Gasteiger partial charge in [-0.1, -0.05) is 212 Å². The first-order chi connectivity index (χ1) is 29.3. The van der Waals surface area contributed by atoms with Crippen LogP contribution in [0.2, 0.25) is 0 Å². The molecule has 1 heteroatoms. The molecule has 0 heterocycles. The van der Waals surface area contributed by atoms with E-state index in [4.69, 9.17) is 0 Å². The van der Waals surface area contributed by atoms with Crippen LogP contribution in [0.3, 0.4) is 0 Å². The molecule has 0 N–H and O–H groups in total. The number of fused-ring (bicyclic) bond motifs is 1. The van der Waals surface area contributed by atoms with E-state index in [1.165, 1.54) is 66.4 Å². The van der Waals surface area contributed by atoms with Gasteiger partial charge in [0.1, 0.15) is 0 Å². The van der Waals surface area contributed by atoms with Crippen LogP contribution in [-0.2, 0) is 0 Å². The predicted molar refractivity (Wildman–Crippen MR) is 251 cm³/mol. The summed E-state index contributed by atoms with van der Waals surface area (Å²) in [6.45, 7) is 0. The van der Waals surface area contributed by atoms with Gasteiger partial charge in [-0.3, -0.25) is 0 Å². The number of rotatable bonds is 9. The Morgan fingerprint density at radius 3 is 1.15 bits per heavy atom. The molecule has 278 valence electrons. The van der Waals surface area contributed by atoms with Crippen LogP contribution >= 0.6 is 0 Å². The Balaban J connectivity index is 1.10. The quantitative estimate of drug-likeness (QED) is 0.142. The van der Waals surface area contributed by atoms with Gasteiger partial charge in [-0.25, -0.2) is 0 Å². The van der Waals surface area contributed by atoms with Gasteiger partial charge in [0.25, 0.3) is 0 Å². The third-order valence-electron chi connectivity index (χ3n) is 11.3. The van der Waals surface area contributed by atoms with Gasteiger partial charge in [0.2, 0.25) is 0 Å². The third kappa shape index (κ3) is 7.12. The molecule has 10 aromatic rings. The third-order valence-corrected chi connectivity index (χ3v) is 11.3. The van der Waals surface area contributed by atoms with Crippen molar-refractivity contribution in [3.05, 3.63) is 249 Å². The summed E-state index contributed by atoms with van der Waals surface area (Å²) in [5, 5.41) is 2.50. The highest BCUT2D eigenvalue weighted by molar-refractivity contribution is 6.06. The molecular weight excluding hydrogens is 711 g/mol. The van der Waals surface area contributed by atoms with E-state index in [0.29, 0.717) is 0 Å². The van der Waals surface area contributed by atoms with E-state index < -0.39 is 0 Å². The van der Waals surface area contributed by atoms with Crippen LogP contribution in [-0.4, -0.2) is 0 Å². The summed E-state index contributed by atoms with van der Waals surface area (Å²) in [6.07, 6.45) is 0. The Kier molecular flexibility index (Phi) is 9.68. The average Bonchev–Trinajstić information content (AvgIpc) is 3.33. The van der Waals surface area contributed by atoms with Crippen molar-refractivity contribution in [1.29, 1.82) is 0 Å². The lowest BCUT2D eigenvalue weighted by Crippen LogP contribution is -2.11. The monoisotopic (exact) mass is 751 g/mol. The van der Waals surface area contributed by atoms with Crippen LogP contribution in [0, 0.1) is 0 Å². The molecule has 0 aliphatic heterocycles. The maximum atomic E-state index is 2.40. The van der Waals surface area contributed by atoms with E-state index in [1.807, 2.05) is 0 Å². The minimum absolute atomic E-state index is 1.09. The Morgan fingerprint density at radius 2 is 0.576 bits per heavy atom. The highest BCUT2D eigenvalue weighted by Crippen LogP contribution is 2.44. The van der Waals surface area contributed by atoms with Gasteiger partial charge in [-0.2, -0.15) is 0 Å². The van der Waals surface area contributed by atoms with Crippen molar-refractivity contribution >= 4 is 27.8 Å². The molecule has 0 amide bonds. The fourth-order valence-electron chi connectivity index (χ4n) is 8.46. The van der Waals surface area contributed by atoms with Crippen molar-refractivity contribution in [2.45, 2.75) is 0 Å². The molecular formula is C58H41N. The van der Waals surface area contributed by atoms with Crippen molar-refractivity contribution in [1.82, 2.24) is 0 Å². The molecule has 0 atom stereocenters. The van der Waals surface area contributed by atoms with Crippen LogP contribution < -0.4 is 4.90 Å². The van der Waals surface area contributed by atoms with E-state index in [-0.39, 0.29) is 0 Å². The highest BCUT2D eigenvalue weighted by atomic mass is 15.1. The second kappa shape index (κ2) is 16.0. The number of para-hydroxylation sites is 1. The van der Waals surface area contributed by atoms with Gasteiger partial charge < -0.3 is 4.90 Å². The molecule has 10 rings (SSSR count). The van der Waals surface area contributed by atoms with Gasteiger partial charge in [-0.05, 0) is 108 Å². The second-order valence-electron chi connectivity index (χ2n) is 14.9. The van der Waals surface area contributed by atoms with Crippen LogP contribution in [0.5, 0.6) is 0 Å². The molecule has 0 saturated heterocycles. The zero-order valence-corrected chi connectivity index (χ0v) is 32.6. The minimum atomic E-state index is 1.09. The molecule has 0 unspecified atom stereocenters. The first-order valence-electron chi connectivity index (χ1n) is 20.3. The SMILES string of the molecule is c1ccc(-c2ccc(N(c3ccc(-c4cccc5cccc(-c6ccccc6)c45)cc3)c3ccccc3-c3cccc(-c4ccccc4-c4ccccc4)c3)cc2)cc1. The first kappa shape index (κ1) is 35.7. The average molecular weight is 752 g/mol. The van der Waals surface area contributed by atoms with Crippen molar-refractivity contribution in [3.63, 3.8) is 0 Å². The highest BCUT2D eigenvalue weighted by Gasteiger charge is 2.19. The molecule has 0 radical (unpaired) electrons. The van der Waals surface area contributed by atoms with Crippen molar-refractivity contribution in [2.24, 2.45) is 0 Å². The van der Waals surface area contributed by atoms with Crippen LogP contribution in [0.25, 0.3) is 77.5 Å². The largest absolute Gasteiger partial charge is 0.310 e.